The van der Waals surface area contributed by atoms with Crippen LogP contribution < -0.4 is 4.74 Å². The van der Waals surface area contributed by atoms with Crippen molar-refractivity contribution in [1.82, 2.24) is 4.98 Å². The Balaban J connectivity index is 2.23. The normalized spacial score (nSPS) is 11.5. The molecule has 0 radical (unpaired) electrons. The van der Waals surface area contributed by atoms with Crippen LogP contribution >= 0.6 is 11.3 Å². The first-order chi connectivity index (χ1) is 9.78. The first-order valence-electron chi connectivity index (χ1n) is 6.51. The van der Waals surface area contributed by atoms with Crippen molar-refractivity contribution in [2.75, 3.05) is 7.11 Å². The van der Waals surface area contributed by atoms with Gasteiger partial charge in [0.1, 0.15) is 5.75 Å². The molecule has 98 valence electrons. The van der Waals surface area contributed by atoms with Gasteiger partial charge in [-0.3, -0.25) is 4.98 Å². The van der Waals surface area contributed by atoms with Crippen LogP contribution in [0.4, 0.5) is 0 Å². The third kappa shape index (κ3) is 1.53. The number of nitrogens with zero attached hydrogens (tertiary/aromatic N) is 1. The molecule has 0 bridgehead atoms. The largest absolute Gasteiger partial charge is 0.497 e. The second kappa shape index (κ2) is 4.18. The van der Waals surface area contributed by atoms with E-state index in [1.807, 2.05) is 29.8 Å². The summed E-state index contributed by atoms with van der Waals surface area (Å²) in [6, 6.07) is 10.6. The zero-order chi connectivity index (χ0) is 13.7. The number of rotatable bonds is 1. The minimum atomic E-state index is 0.904. The molecule has 0 fully saturated rings. The Kier molecular flexibility index (Phi) is 2.44. The van der Waals surface area contributed by atoms with Crippen LogP contribution in [0.3, 0.4) is 0 Å². The number of aryl methyl sites for hydroxylation is 1. The number of fused-ring (bicyclic) bond motifs is 4. The predicted octanol–water partition coefficient (Wildman–Crippen LogP) is 4.92. The van der Waals surface area contributed by atoms with Crippen molar-refractivity contribution in [3.63, 3.8) is 0 Å². The van der Waals surface area contributed by atoms with Gasteiger partial charge in [0.05, 0.1) is 7.11 Å². The molecule has 0 atom stereocenters. The fourth-order valence-electron chi connectivity index (χ4n) is 2.79. The summed E-state index contributed by atoms with van der Waals surface area (Å²) in [6.07, 6.45) is 3.79. The summed E-state index contributed by atoms with van der Waals surface area (Å²) >= 11 is 1.85. The maximum absolute atomic E-state index is 5.35. The Morgan fingerprint density at radius 1 is 1.05 bits per heavy atom. The number of hydrogen-bond acceptors (Lipinski definition) is 3. The minimum absolute atomic E-state index is 0.904. The lowest BCUT2D eigenvalue weighted by molar-refractivity contribution is 0.415. The predicted molar refractivity (Wildman–Crippen MR) is 85.9 cm³/mol. The molecule has 0 saturated heterocycles. The zero-order valence-electron chi connectivity index (χ0n) is 11.3. The van der Waals surface area contributed by atoms with E-state index >= 15 is 0 Å². The number of thiophene rings is 1. The average molecular weight is 279 g/mol. The van der Waals surface area contributed by atoms with Gasteiger partial charge in [0, 0.05) is 38.0 Å². The van der Waals surface area contributed by atoms with Gasteiger partial charge in [-0.1, -0.05) is 0 Å². The van der Waals surface area contributed by atoms with E-state index in [0.29, 0.717) is 0 Å². The van der Waals surface area contributed by atoms with E-state index < -0.39 is 0 Å². The highest BCUT2D eigenvalue weighted by molar-refractivity contribution is 7.26. The Bertz CT molecular complexity index is 955. The summed E-state index contributed by atoms with van der Waals surface area (Å²) in [6.45, 7) is 2.19. The molecule has 0 aliphatic carbocycles. The van der Waals surface area contributed by atoms with E-state index in [0.717, 1.165) is 5.75 Å². The van der Waals surface area contributed by atoms with Gasteiger partial charge < -0.3 is 4.74 Å². The summed E-state index contributed by atoms with van der Waals surface area (Å²) in [5, 5.41) is 5.03. The summed E-state index contributed by atoms with van der Waals surface area (Å²) in [5.74, 6) is 0.904. The van der Waals surface area contributed by atoms with Gasteiger partial charge in [-0.05, 0) is 48.2 Å². The molecule has 2 aromatic carbocycles. The molecule has 2 aromatic heterocycles. The molecule has 0 spiro atoms. The van der Waals surface area contributed by atoms with E-state index in [1.54, 1.807) is 7.11 Å². The Morgan fingerprint density at radius 3 is 2.80 bits per heavy atom. The van der Waals surface area contributed by atoms with Crippen LogP contribution in [0, 0.1) is 6.92 Å². The van der Waals surface area contributed by atoms with Crippen LogP contribution in [0.1, 0.15) is 5.56 Å². The number of pyridine rings is 1. The molecule has 3 heteroatoms. The number of hydrogen-bond donors (Lipinski definition) is 0. The standard InChI is InChI=1S/C17H13NOS/c1-10-13-5-6-18-9-11(13)7-15-14-8-12(19-2)3-4-16(14)20-17(10)15/h3-9H,1-2H3. The summed E-state index contributed by atoms with van der Waals surface area (Å²) in [7, 11) is 1.71. The van der Waals surface area contributed by atoms with E-state index in [2.05, 4.69) is 36.2 Å². The van der Waals surface area contributed by atoms with Crippen molar-refractivity contribution in [3.05, 3.63) is 48.3 Å². The fraction of sp³-hybridized carbons (Fsp3) is 0.118. The maximum Gasteiger partial charge on any atom is 0.119 e. The van der Waals surface area contributed by atoms with Gasteiger partial charge in [-0.15, -0.1) is 11.3 Å². The number of aromatic nitrogens is 1. The molecule has 0 amide bonds. The third-order valence-electron chi connectivity index (χ3n) is 3.83. The van der Waals surface area contributed by atoms with Crippen molar-refractivity contribution >= 4 is 42.3 Å². The number of benzene rings is 2. The molecule has 4 rings (SSSR count). The monoisotopic (exact) mass is 279 g/mol. The highest BCUT2D eigenvalue weighted by Crippen LogP contribution is 2.40. The van der Waals surface area contributed by atoms with Gasteiger partial charge >= 0.3 is 0 Å². The van der Waals surface area contributed by atoms with Gasteiger partial charge in [-0.2, -0.15) is 0 Å². The minimum Gasteiger partial charge on any atom is -0.497 e. The van der Waals surface area contributed by atoms with Crippen molar-refractivity contribution in [1.29, 1.82) is 0 Å². The molecular formula is C17H13NOS. The van der Waals surface area contributed by atoms with Crippen LogP contribution in [0.15, 0.2) is 42.7 Å². The van der Waals surface area contributed by atoms with E-state index in [1.165, 1.54) is 36.5 Å². The lowest BCUT2D eigenvalue weighted by Gasteiger charge is -2.03. The maximum atomic E-state index is 5.35. The molecule has 0 aliphatic rings. The molecule has 0 unspecified atom stereocenters. The lowest BCUT2D eigenvalue weighted by Crippen LogP contribution is -1.82. The number of ether oxygens (including phenoxy) is 1. The van der Waals surface area contributed by atoms with Crippen LogP contribution in [-0.4, -0.2) is 12.1 Å². The fourth-order valence-corrected chi connectivity index (χ4v) is 3.96. The van der Waals surface area contributed by atoms with Crippen molar-refractivity contribution in [2.24, 2.45) is 0 Å². The first kappa shape index (κ1) is 11.7. The van der Waals surface area contributed by atoms with Gasteiger partial charge in [0.15, 0.2) is 0 Å². The average Bonchev–Trinajstić information content (AvgIpc) is 2.86. The SMILES string of the molecule is COc1ccc2sc3c(C)c4ccncc4cc3c2c1. The van der Waals surface area contributed by atoms with Crippen LogP contribution in [0.25, 0.3) is 30.9 Å². The summed E-state index contributed by atoms with van der Waals surface area (Å²) < 4.78 is 8.00. The van der Waals surface area contributed by atoms with Crippen LogP contribution in [0.2, 0.25) is 0 Å². The van der Waals surface area contributed by atoms with Gasteiger partial charge in [-0.25, -0.2) is 0 Å². The summed E-state index contributed by atoms with van der Waals surface area (Å²) in [4.78, 5) is 4.24. The second-order valence-corrected chi connectivity index (χ2v) is 5.99. The van der Waals surface area contributed by atoms with Crippen molar-refractivity contribution in [3.8, 4) is 5.75 Å². The molecule has 20 heavy (non-hydrogen) atoms. The molecule has 0 saturated carbocycles. The topological polar surface area (TPSA) is 22.1 Å². The smallest absolute Gasteiger partial charge is 0.119 e. The number of methoxy groups -OCH3 is 1. The van der Waals surface area contributed by atoms with E-state index in [9.17, 15) is 0 Å². The first-order valence-corrected chi connectivity index (χ1v) is 7.33. The molecule has 4 aromatic rings. The second-order valence-electron chi connectivity index (χ2n) is 4.94. The lowest BCUT2D eigenvalue weighted by atomic mass is 10.0. The summed E-state index contributed by atoms with van der Waals surface area (Å²) in [5.41, 5.74) is 1.33. The van der Waals surface area contributed by atoms with Gasteiger partial charge in [0.2, 0.25) is 0 Å². The van der Waals surface area contributed by atoms with Crippen molar-refractivity contribution in [2.45, 2.75) is 6.92 Å². The Hall–Kier alpha value is -2.13. The Labute approximate surface area is 120 Å². The zero-order valence-corrected chi connectivity index (χ0v) is 12.1. The van der Waals surface area contributed by atoms with Crippen LogP contribution in [-0.2, 0) is 0 Å². The highest BCUT2D eigenvalue weighted by atomic mass is 32.1. The molecule has 2 nitrogen and oxygen atoms in total. The quantitative estimate of drug-likeness (QED) is 0.493. The highest BCUT2D eigenvalue weighted by Gasteiger charge is 2.11. The molecule has 0 N–H and O–H groups in total. The third-order valence-corrected chi connectivity index (χ3v) is 5.14. The molecule has 2 heterocycles. The van der Waals surface area contributed by atoms with E-state index in [4.69, 9.17) is 4.74 Å². The Morgan fingerprint density at radius 2 is 1.95 bits per heavy atom. The molecule has 0 aliphatic heterocycles. The van der Waals surface area contributed by atoms with E-state index in [-0.39, 0.29) is 0 Å². The van der Waals surface area contributed by atoms with Gasteiger partial charge in [0.25, 0.3) is 0 Å². The molecular weight excluding hydrogens is 266 g/mol. The van der Waals surface area contributed by atoms with Crippen molar-refractivity contribution < 1.29 is 4.74 Å². The van der Waals surface area contributed by atoms with Crippen LogP contribution in [0.5, 0.6) is 5.75 Å².